The second-order valence-corrected chi connectivity index (χ2v) is 5.15. The van der Waals surface area contributed by atoms with Crippen molar-refractivity contribution in [3.63, 3.8) is 0 Å². The maximum Gasteiger partial charge on any atom is 0.226 e. The number of carbonyl (C=O) groups excluding carboxylic acids is 1. The van der Waals surface area contributed by atoms with Crippen molar-refractivity contribution in [2.45, 2.75) is 25.4 Å². The Morgan fingerprint density at radius 3 is 2.90 bits per heavy atom. The fourth-order valence-corrected chi connectivity index (χ4v) is 2.20. The van der Waals surface area contributed by atoms with Crippen LogP contribution in [0.3, 0.4) is 0 Å². The third kappa shape index (κ3) is 4.67. The molecule has 0 saturated carbocycles. The molecule has 0 aromatic heterocycles. The van der Waals surface area contributed by atoms with Crippen molar-refractivity contribution in [3.05, 3.63) is 23.2 Å². The number of anilines is 2. The Morgan fingerprint density at radius 2 is 2.20 bits per heavy atom. The van der Waals surface area contributed by atoms with Gasteiger partial charge in [0.25, 0.3) is 0 Å². The third-order valence-corrected chi connectivity index (χ3v) is 3.37. The third-order valence-electron chi connectivity index (χ3n) is 3.14. The van der Waals surface area contributed by atoms with Gasteiger partial charge in [0.2, 0.25) is 5.91 Å². The van der Waals surface area contributed by atoms with Crippen LogP contribution in [0.2, 0.25) is 5.02 Å². The number of nitrogen functional groups attached to an aromatic ring is 1. The first kappa shape index (κ1) is 15.1. The summed E-state index contributed by atoms with van der Waals surface area (Å²) in [6.07, 6.45) is 2.30. The summed E-state index contributed by atoms with van der Waals surface area (Å²) in [4.78, 5) is 11.8. The number of hydrogen-bond donors (Lipinski definition) is 2. The lowest BCUT2D eigenvalue weighted by Crippen LogP contribution is -2.25. The van der Waals surface area contributed by atoms with E-state index in [1.165, 1.54) is 0 Å². The molecule has 20 heavy (non-hydrogen) atoms. The zero-order chi connectivity index (χ0) is 14.4. The number of carbonyl (C=O) groups is 1. The Hall–Kier alpha value is -1.30. The molecule has 0 spiro atoms. The van der Waals surface area contributed by atoms with Gasteiger partial charge in [0.1, 0.15) is 0 Å². The Labute approximate surface area is 123 Å². The molecular weight excluding hydrogens is 280 g/mol. The summed E-state index contributed by atoms with van der Waals surface area (Å²) in [7, 11) is 0. The van der Waals surface area contributed by atoms with Gasteiger partial charge in [-0.15, -0.1) is 0 Å². The summed E-state index contributed by atoms with van der Waals surface area (Å²) in [5.41, 5.74) is 6.80. The van der Waals surface area contributed by atoms with Crippen LogP contribution in [0, 0.1) is 0 Å². The number of halogens is 1. The Kier molecular flexibility index (Phi) is 5.64. The van der Waals surface area contributed by atoms with Gasteiger partial charge in [-0.05, 0) is 31.0 Å². The predicted octanol–water partition coefficient (Wildman–Crippen LogP) is 2.45. The van der Waals surface area contributed by atoms with Gasteiger partial charge in [-0.3, -0.25) is 4.79 Å². The van der Waals surface area contributed by atoms with Crippen molar-refractivity contribution in [2.24, 2.45) is 0 Å². The molecule has 0 atom stereocenters. The number of amides is 1. The van der Waals surface area contributed by atoms with Crippen LogP contribution in [0.4, 0.5) is 11.4 Å². The molecule has 0 radical (unpaired) electrons. The molecule has 0 bridgehead atoms. The van der Waals surface area contributed by atoms with Crippen LogP contribution >= 0.6 is 11.6 Å². The van der Waals surface area contributed by atoms with E-state index >= 15 is 0 Å². The molecular formula is C14H19ClN2O3. The smallest absolute Gasteiger partial charge is 0.226 e. The van der Waals surface area contributed by atoms with E-state index in [1.54, 1.807) is 18.2 Å². The minimum atomic E-state index is -0.119. The van der Waals surface area contributed by atoms with Crippen molar-refractivity contribution >= 4 is 28.9 Å². The Morgan fingerprint density at radius 1 is 1.45 bits per heavy atom. The number of nitrogens with two attached hydrogens (primary N) is 1. The average Bonchev–Trinajstić information content (AvgIpc) is 2.43. The highest BCUT2D eigenvalue weighted by Gasteiger charge is 2.14. The highest BCUT2D eigenvalue weighted by atomic mass is 35.5. The first-order valence-corrected chi connectivity index (χ1v) is 7.07. The largest absolute Gasteiger partial charge is 0.397 e. The van der Waals surface area contributed by atoms with Crippen LogP contribution in [0.25, 0.3) is 0 Å². The molecule has 1 amide bonds. The minimum Gasteiger partial charge on any atom is -0.397 e. The zero-order valence-electron chi connectivity index (χ0n) is 11.2. The Balaban J connectivity index is 1.72. The van der Waals surface area contributed by atoms with Gasteiger partial charge in [0.15, 0.2) is 0 Å². The van der Waals surface area contributed by atoms with Crippen LogP contribution in [0.1, 0.15) is 19.3 Å². The van der Waals surface area contributed by atoms with E-state index in [0.717, 1.165) is 26.1 Å². The summed E-state index contributed by atoms with van der Waals surface area (Å²) >= 11 is 5.80. The quantitative estimate of drug-likeness (QED) is 0.819. The summed E-state index contributed by atoms with van der Waals surface area (Å²) in [5, 5.41) is 3.29. The molecule has 1 saturated heterocycles. The first-order valence-electron chi connectivity index (χ1n) is 6.69. The highest BCUT2D eigenvalue weighted by molar-refractivity contribution is 6.31. The fraction of sp³-hybridized carbons (Fsp3) is 0.500. The minimum absolute atomic E-state index is 0.119. The molecule has 5 nitrogen and oxygen atoms in total. The molecule has 1 aromatic carbocycles. The summed E-state index contributed by atoms with van der Waals surface area (Å²) in [5.74, 6) is -0.119. The van der Waals surface area contributed by atoms with Gasteiger partial charge < -0.3 is 20.5 Å². The summed E-state index contributed by atoms with van der Waals surface area (Å²) in [6, 6.07) is 4.98. The number of ether oxygens (including phenoxy) is 2. The molecule has 1 aliphatic heterocycles. The lowest BCUT2D eigenvalue weighted by atomic mass is 10.1. The second kappa shape index (κ2) is 7.47. The summed E-state index contributed by atoms with van der Waals surface area (Å²) in [6.45, 7) is 1.88. The lowest BCUT2D eigenvalue weighted by Gasteiger charge is -2.22. The monoisotopic (exact) mass is 298 g/mol. The molecule has 1 heterocycles. The molecule has 3 N–H and O–H groups in total. The van der Waals surface area contributed by atoms with Crippen molar-refractivity contribution < 1.29 is 14.3 Å². The van der Waals surface area contributed by atoms with Crippen LogP contribution in [0.15, 0.2) is 18.2 Å². The van der Waals surface area contributed by atoms with Crippen LogP contribution in [-0.4, -0.2) is 31.8 Å². The number of benzene rings is 1. The predicted molar refractivity (Wildman–Crippen MR) is 78.9 cm³/mol. The number of hydrogen-bond acceptors (Lipinski definition) is 4. The molecule has 1 aliphatic rings. The van der Waals surface area contributed by atoms with Crippen molar-refractivity contribution in [1.82, 2.24) is 0 Å². The van der Waals surface area contributed by atoms with E-state index in [1.807, 2.05) is 0 Å². The zero-order valence-corrected chi connectivity index (χ0v) is 12.0. The molecule has 1 aromatic rings. The van der Waals surface area contributed by atoms with Gasteiger partial charge >= 0.3 is 0 Å². The highest BCUT2D eigenvalue weighted by Crippen LogP contribution is 2.22. The van der Waals surface area contributed by atoms with Gasteiger partial charge in [-0.25, -0.2) is 0 Å². The van der Waals surface area contributed by atoms with Crippen LogP contribution in [-0.2, 0) is 14.3 Å². The molecule has 6 heteroatoms. The molecule has 0 aliphatic carbocycles. The molecule has 1 fully saturated rings. The average molecular weight is 299 g/mol. The SMILES string of the molecule is Nc1cc(Cl)ccc1NC(=O)CCOC1CCOCC1. The Bertz CT molecular complexity index is 462. The van der Waals surface area contributed by atoms with E-state index in [4.69, 9.17) is 26.8 Å². The normalized spacial score (nSPS) is 16.1. The summed E-state index contributed by atoms with van der Waals surface area (Å²) < 4.78 is 10.9. The van der Waals surface area contributed by atoms with Gasteiger partial charge in [0, 0.05) is 18.2 Å². The molecule has 0 unspecified atom stereocenters. The van der Waals surface area contributed by atoms with E-state index in [2.05, 4.69) is 5.32 Å². The maximum atomic E-state index is 11.8. The second-order valence-electron chi connectivity index (χ2n) is 4.71. The number of rotatable bonds is 5. The van der Waals surface area contributed by atoms with Crippen LogP contribution in [0.5, 0.6) is 0 Å². The van der Waals surface area contributed by atoms with Gasteiger partial charge in [0.05, 0.1) is 30.5 Å². The van der Waals surface area contributed by atoms with E-state index in [0.29, 0.717) is 29.4 Å². The van der Waals surface area contributed by atoms with E-state index < -0.39 is 0 Å². The fourth-order valence-electron chi connectivity index (χ4n) is 2.02. The first-order chi connectivity index (χ1) is 9.65. The van der Waals surface area contributed by atoms with Crippen molar-refractivity contribution in [3.8, 4) is 0 Å². The van der Waals surface area contributed by atoms with E-state index in [-0.39, 0.29) is 12.0 Å². The topological polar surface area (TPSA) is 73.6 Å². The molecule has 110 valence electrons. The van der Waals surface area contributed by atoms with Crippen molar-refractivity contribution in [1.29, 1.82) is 0 Å². The van der Waals surface area contributed by atoms with Crippen molar-refractivity contribution in [2.75, 3.05) is 30.9 Å². The standard InChI is InChI=1S/C14H19ClN2O3/c15-10-1-2-13(12(16)9-10)17-14(18)5-8-20-11-3-6-19-7-4-11/h1-2,9,11H,3-8,16H2,(H,17,18). The van der Waals surface area contributed by atoms with Crippen LogP contribution < -0.4 is 11.1 Å². The maximum absolute atomic E-state index is 11.8. The lowest BCUT2D eigenvalue weighted by molar-refractivity contribution is -0.118. The number of nitrogens with one attached hydrogen (secondary N) is 1. The molecule has 2 rings (SSSR count). The van der Waals surface area contributed by atoms with E-state index in [9.17, 15) is 4.79 Å². The van der Waals surface area contributed by atoms with Gasteiger partial charge in [-0.1, -0.05) is 11.6 Å². The van der Waals surface area contributed by atoms with Gasteiger partial charge in [-0.2, -0.15) is 0 Å².